The predicted octanol–water partition coefficient (Wildman–Crippen LogP) is 2.28. The fourth-order valence-electron chi connectivity index (χ4n) is 8.95. The number of nitrogens with one attached hydrogen (secondary N) is 3. The Morgan fingerprint density at radius 3 is 2.07 bits per heavy atom. The number of anilines is 4. The van der Waals surface area contributed by atoms with Crippen LogP contribution in [0.5, 0.6) is 0 Å². The number of nitrogens with zero attached hydrogens (tertiary/aromatic N) is 5. The summed E-state index contributed by atoms with van der Waals surface area (Å²) in [6.07, 6.45) is 3.60. The first-order chi connectivity index (χ1) is 36.9. The van der Waals surface area contributed by atoms with Crippen LogP contribution in [0.2, 0.25) is 0 Å². The fraction of sp³-hybridized carbons (Fsp3) is 0.500. The molecule has 7 amide bonds. The number of nitrogens with two attached hydrogens (primary N) is 2. The van der Waals surface area contributed by atoms with Crippen LogP contribution in [-0.4, -0.2) is 194 Å². The number of amides is 7. The maximum Gasteiger partial charge on any atom is 0.264 e. The molecule has 0 saturated carbocycles. The minimum absolute atomic E-state index is 0.0534. The molecule has 0 bridgehead atoms. The van der Waals surface area contributed by atoms with E-state index in [2.05, 4.69) is 30.7 Å². The zero-order valence-corrected chi connectivity index (χ0v) is 43.7. The average Bonchev–Trinajstić information content (AvgIpc) is 3.77. The molecule has 5 heterocycles. The molecule has 7 rings (SSSR count). The van der Waals surface area contributed by atoms with E-state index in [-0.39, 0.29) is 48.8 Å². The van der Waals surface area contributed by atoms with Gasteiger partial charge in [0.15, 0.2) is 0 Å². The van der Waals surface area contributed by atoms with E-state index in [0.29, 0.717) is 125 Å². The van der Waals surface area contributed by atoms with Crippen LogP contribution in [0, 0.1) is 0 Å². The molecule has 410 valence electrons. The Bertz CT molecular complexity index is 2650. The topological polar surface area (TPSA) is 289 Å². The highest BCUT2D eigenvalue weighted by Crippen LogP contribution is 2.39. The quantitative estimate of drug-likeness (QED) is 0.0357. The molecule has 3 aliphatic heterocycles. The van der Waals surface area contributed by atoms with E-state index >= 15 is 0 Å². The third-order valence-corrected chi connectivity index (χ3v) is 14.0. The molecule has 0 aliphatic carbocycles. The van der Waals surface area contributed by atoms with Gasteiger partial charge in [-0.3, -0.25) is 43.8 Å². The van der Waals surface area contributed by atoms with Gasteiger partial charge in [-0.15, -0.1) is 11.3 Å². The molecule has 1 atom stereocenters. The summed E-state index contributed by atoms with van der Waals surface area (Å²) >= 11 is 1.21. The van der Waals surface area contributed by atoms with E-state index in [1.807, 2.05) is 30.3 Å². The van der Waals surface area contributed by atoms with Crippen LogP contribution >= 0.6 is 11.3 Å². The lowest BCUT2D eigenvalue weighted by Crippen LogP contribution is -2.54. The number of carbonyl (C=O) groups is 7. The SMILES string of the molecule is CN(CCCNC(=O)CCOCCOCCOCCOCCOCCOCCNc1cccc2c1C(=O)N(C1CCC(=O)NC1=O)C2=O)C(=O)c1ccc(N2CCCN(c3ccnc4sc(C(N)=O)c(N)c34)CC2)cc1. The van der Waals surface area contributed by atoms with Crippen LogP contribution in [0.4, 0.5) is 22.7 Å². The number of primary amides is 1. The number of nitrogen functional groups attached to an aromatic ring is 1. The third kappa shape index (κ3) is 15.4. The lowest BCUT2D eigenvalue weighted by Gasteiger charge is -2.27. The molecule has 2 aromatic heterocycles. The van der Waals surface area contributed by atoms with Gasteiger partial charge < -0.3 is 65.2 Å². The maximum atomic E-state index is 13.2. The number of benzene rings is 2. The van der Waals surface area contributed by atoms with Gasteiger partial charge in [-0.1, -0.05) is 6.07 Å². The van der Waals surface area contributed by atoms with Crippen LogP contribution in [0.25, 0.3) is 10.2 Å². The van der Waals surface area contributed by atoms with E-state index in [4.69, 9.17) is 39.9 Å². The minimum Gasteiger partial charge on any atom is -0.397 e. The molecular weight excluding hydrogens is 1000 g/mol. The molecule has 3 aliphatic rings. The van der Waals surface area contributed by atoms with Crippen molar-refractivity contribution in [3.8, 4) is 0 Å². The molecule has 76 heavy (non-hydrogen) atoms. The number of hydrogen-bond donors (Lipinski definition) is 5. The van der Waals surface area contributed by atoms with Crippen LogP contribution in [-0.2, 0) is 42.8 Å². The molecule has 7 N–H and O–H groups in total. The van der Waals surface area contributed by atoms with Gasteiger partial charge in [0.25, 0.3) is 23.6 Å². The summed E-state index contributed by atoms with van der Waals surface area (Å²) in [5.74, 6) is -2.99. The lowest BCUT2D eigenvalue weighted by atomic mass is 10.0. The largest absolute Gasteiger partial charge is 0.397 e. The first-order valence-corrected chi connectivity index (χ1v) is 26.4. The van der Waals surface area contributed by atoms with Gasteiger partial charge >= 0.3 is 0 Å². The highest BCUT2D eigenvalue weighted by Gasteiger charge is 2.45. The normalized spacial score (nSPS) is 15.8. The van der Waals surface area contributed by atoms with Crippen molar-refractivity contribution in [2.75, 3.05) is 153 Å². The summed E-state index contributed by atoms with van der Waals surface area (Å²) in [4.78, 5) is 100. The zero-order chi connectivity index (χ0) is 53.8. The van der Waals surface area contributed by atoms with Gasteiger partial charge in [0.05, 0.1) is 107 Å². The smallest absolute Gasteiger partial charge is 0.264 e. The van der Waals surface area contributed by atoms with Crippen LogP contribution in [0.3, 0.4) is 0 Å². The van der Waals surface area contributed by atoms with Crippen LogP contribution in [0.15, 0.2) is 54.7 Å². The van der Waals surface area contributed by atoms with E-state index in [1.165, 1.54) is 11.3 Å². The predicted molar refractivity (Wildman–Crippen MR) is 284 cm³/mol. The zero-order valence-electron chi connectivity index (χ0n) is 42.9. The van der Waals surface area contributed by atoms with Gasteiger partial charge in [0.2, 0.25) is 17.7 Å². The summed E-state index contributed by atoms with van der Waals surface area (Å²) in [6.45, 7) is 8.83. The summed E-state index contributed by atoms with van der Waals surface area (Å²) in [6, 6.07) is 13.5. The Kier molecular flexibility index (Phi) is 21.7. The number of thiophene rings is 1. The summed E-state index contributed by atoms with van der Waals surface area (Å²) in [7, 11) is 1.76. The molecule has 2 aromatic carbocycles. The second-order valence-corrected chi connectivity index (χ2v) is 19.0. The standard InChI is InChI=1S/C52H68N10O13S/c1-59(50(67)35-7-9-36(10-8-35)60-19-4-20-61(22-21-60)39-13-16-57-49-44(39)45(53)46(76-49)47(54)65)18-3-15-56-41(63)14-23-70-25-27-72-29-31-74-33-34-75-32-30-73-28-26-71-24-17-55-38-6-2-5-37-43(38)52(69)62(51(37)68)40-11-12-42(64)58-48(40)66/h2,5-10,13,16,40,55H,3-4,11-12,14-15,17-34,53H2,1H3,(H2,54,65)(H,56,63)(H,58,64,66). The summed E-state index contributed by atoms with van der Waals surface area (Å²) in [5.41, 5.74) is 15.7. The number of ether oxygens (including phenoxy) is 6. The van der Waals surface area contributed by atoms with E-state index in [1.54, 1.807) is 36.3 Å². The molecule has 24 heteroatoms. The Morgan fingerprint density at radius 2 is 1.41 bits per heavy atom. The Morgan fingerprint density at radius 1 is 0.776 bits per heavy atom. The fourth-order valence-corrected chi connectivity index (χ4v) is 9.88. The van der Waals surface area contributed by atoms with Crippen molar-refractivity contribution in [1.82, 2.24) is 25.4 Å². The number of rotatable bonds is 31. The molecule has 4 aromatic rings. The molecular formula is C52H68N10O13S. The van der Waals surface area contributed by atoms with Crippen molar-refractivity contribution in [1.29, 1.82) is 0 Å². The second-order valence-electron chi connectivity index (χ2n) is 18.1. The molecule has 0 radical (unpaired) electrons. The van der Waals surface area contributed by atoms with Crippen LogP contribution < -0.4 is 37.2 Å². The van der Waals surface area contributed by atoms with Crippen molar-refractivity contribution < 1.29 is 62.0 Å². The van der Waals surface area contributed by atoms with Crippen molar-refractivity contribution in [2.24, 2.45) is 5.73 Å². The van der Waals surface area contributed by atoms with Crippen molar-refractivity contribution >= 4 is 85.7 Å². The number of imide groups is 2. The van der Waals surface area contributed by atoms with Gasteiger partial charge in [-0.05, 0) is 61.7 Å². The van der Waals surface area contributed by atoms with E-state index in [9.17, 15) is 33.6 Å². The second kappa shape index (κ2) is 28.9. The first-order valence-electron chi connectivity index (χ1n) is 25.6. The number of pyridine rings is 1. The number of fused-ring (bicyclic) bond motifs is 2. The number of piperidine rings is 1. The highest BCUT2D eigenvalue weighted by atomic mass is 32.1. The van der Waals surface area contributed by atoms with Gasteiger partial charge in [0.1, 0.15) is 15.7 Å². The number of hydrogen-bond acceptors (Lipinski definition) is 19. The van der Waals surface area contributed by atoms with Gasteiger partial charge in [-0.2, -0.15) is 0 Å². The van der Waals surface area contributed by atoms with Gasteiger partial charge in [0, 0.05) is 88.8 Å². The average molecular weight is 1070 g/mol. The molecule has 2 saturated heterocycles. The monoisotopic (exact) mass is 1070 g/mol. The minimum atomic E-state index is -1.03. The first kappa shape index (κ1) is 56.9. The van der Waals surface area contributed by atoms with E-state index in [0.717, 1.165) is 54.3 Å². The summed E-state index contributed by atoms with van der Waals surface area (Å²) < 4.78 is 33.3. The molecule has 2 fully saturated rings. The molecule has 1 unspecified atom stereocenters. The third-order valence-electron chi connectivity index (χ3n) is 12.8. The Balaban J connectivity index is 0.626. The molecule has 23 nitrogen and oxygen atoms in total. The number of carbonyl (C=O) groups excluding carboxylic acids is 7. The number of aromatic nitrogens is 1. The van der Waals surface area contributed by atoms with Crippen molar-refractivity contribution in [2.45, 2.75) is 38.1 Å². The van der Waals surface area contributed by atoms with Crippen LogP contribution in [0.1, 0.15) is 72.8 Å². The Hall–Kier alpha value is -6.80. The van der Waals surface area contributed by atoms with Crippen molar-refractivity contribution in [3.05, 3.63) is 76.3 Å². The highest BCUT2D eigenvalue weighted by molar-refractivity contribution is 7.21. The Labute approximate surface area is 444 Å². The van der Waals surface area contributed by atoms with Crippen molar-refractivity contribution in [3.63, 3.8) is 0 Å². The molecule has 0 spiro atoms. The van der Waals surface area contributed by atoms with Gasteiger partial charge in [-0.25, -0.2) is 4.98 Å². The lowest BCUT2D eigenvalue weighted by molar-refractivity contribution is -0.136. The summed E-state index contributed by atoms with van der Waals surface area (Å²) in [5, 5.41) is 8.98. The van der Waals surface area contributed by atoms with E-state index < -0.39 is 35.6 Å². The maximum absolute atomic E-state index is 13.2.